The first kappa shape index (κ1) is 14.7. The van der Waals surface area contributed by atoms with Crippen LogP contribution in [0.4, 0.5) is 0 Å². The number of nitrogens with zero attached hydrogens (tertiary/aromatic N) is 3. The van der Waals surface area contributed by atoms with E-state index in [9.17, 15) is 0 Å². The van der Waals surface area contributed by atoms with Crippen molar-refractivity contribution in [2.75, 3.05) is 19.7 Å². The van der Waals surface area contributed by atoms with Crippen LogP contribution in [0, 0.1) is 0 Å². The van der Waals surface area contributed by atoms with E-state index in [1.54, 1.807) is 6.20 Å². The van der Waals surface area contributed by atoms with E-state index in [-0.39, 0.29) is 5.84 Å². The molecule has 1 unspecified atom stereocenters. The Bertz CT molecular complexity index is 462. The van der Waals surface area contributed by atoms with Crippen LogP contribution < -0.4 is 5.73 Å². The zero-order valence-corrected chi connectivity index (χ0v) is 11.8. The summed E-state index contributed by atoms with van der Waals surface area (Å²) in [5.41, 5.74) is 7.19. The van der Waals surface area contributed by atoms with E-state index in [0.717, 1.165) is 44.6 Å². The van der Waals surface area contributed by atoms with Gasteiger partial charge in [0.2, 0.25) is 0 Å². The molecule has 20 heavy (non-hydrogen) atoms. The Kier molecular flexibility index (Phi) is 5.31. The number of piperidine rings is 1. The van der Waals surface area contributed by atoms with Crippen molar-refractivity contribution in [3.63, 3.8) is 0 Å². The van der Waals surface area contributed by atoms with E-state index in [2.05, 4.69) is 15.0 Å². The molecule has 0 saturated carbocycles. The zero-order valence-electron chi connectivity index (χ0n) is 11.8. The van der Waals surface area contributed by atoms with E-state index in [1.807, 2.05) is 19.1 Å². The van der Waals surface area contributed by atoms with E-state index in [0.29, 0.717) is 11.8 Å². The van der Waals surface area contributed by atoms with Crippen molar-refractivity contribution >= 4 is 5.84 Å². The Balaban J connectivity index is 2.06. The molecule has 2 rings (SSSR count). The number of rotatable bonds is 5. The smallest absolute Gasteiger partial charge is 0.189 e. The lowest BCUT2D eigenvalue weighted by atomic mass is 10.1. The van der Waals surface area contributed by atoms with E-state index in [4.69, 9.17) is 15.7 Å². The predicted octanol–water partition coefficient (Wildman–Crippen LogP) is 1.18. The molecule has 1 aliphatic heterocycles. The number of hydrogen-bond donors (Lipinski definition) is 2. The van der Waals surface area contributed by atoms with Crippen molar-refractivity contribution in [2.24, 2.45) is 10.9 Å². The summed E-state index contributed by atoms with van der Waals surface area (Å²) in [5, 5.41) is 11.9. The molecule has 3 N–H and O–H groups in total. The summed E-state index contributed by atoms with van der Waals surface area (Å²) in [6, 6.07) is 3.83. The van der Waals surface area contributed by atoms with Gasteiger partial charge >= 0.3 is 0 Å². The quantitative estimate of drug-likeness (QED) is 0.366. The van der Waals surface area contributed by atoms with E-state index in [1.165, 1.54) is 0 Å². The molecule has 0 aliphatic carbocycles. The Morgan fingerprint density at radius 3 is 3.25 bits per heavy atom. The largest absolute Gasteiger partial charge is 0.409 e. The van der Waals surface area contributed by atoms with Crippen LogP contribution in [0.2, 0.25) is 0 Å². The van der Waals surface area contributed by atoms with Gasteiger partial charge in [0.25, 0.3) is 0 Å². The highest BCUT2D eigenvalue weighted by Crippen LogP contribution is 2.17. The molecule has 6 nitrogen and oxygen atoms in total. The zero-order chi connectivity index (χ0) is 14.4. The SMILES string of the molecule is CCOC1CCCN(Cc2cccnc2C(N)=NO)C1. The number of hydrogen-bond acceptors (Lipinski definition) is 5. The molecule has 0 amide bonds. The summed E-state index contributed by atoms with van der Waals surface area (Å²) in [7, 11) is 0. The van der Waals surface area contributed by atoms with Crippen molar-refractivity contribution in [1.82, 2.24) is 9.88 Å². The van der Waals surface area contributed by atoms with Crippen LogP contribution >= 0.6 is 0 Å². The highest BCUT2D eigenvalue weighted by molar-refractivity contribution is 5.96. The fourth-order valence-corrected chi connectivity index (χ4v) is 2.61. The molecule has 1 atom stereocenters. The van der Waals surface area contributed by atoms with Gasteiger partial charge in [-0.15, -0.1) is 0 Å². The molecular formula is C14H22N4O2. The number of oxime groups is 1. The fraction of sp³-hybridized carbons (Fsp3) is 0.571. The Morgan fingerprint density at radius 2 is 2.50 bits per heavy atom. The van der Waals surface area contributed by atoms with Gasteiger partial charge < -0.3 is 15.7 Å². The Hall–Kier alpha value is -1.66. The third-order valence-electron chi connectivity index (χ3n) is 3.50. The monoisotopic (exact) mass is 278 g/mol. The number of pyridine rings is 1. The third-order valence-corrected chi connectivity index (χ3v) is 3.50. The average Bonchev–Trinajstić information content (AvgIpc) is 2.48. The lowest BCUT2D eigenvalue weighted by Gasteiger charge is -2.32. The second kappa shape index (κ2) is 7.21. The van der Waals surface area contributed by atoms with Crippen LogP contribution in [0.5, 0.6) is 0 Å². The van der Waals surface area contributed by atoms with Gasteiger partial charge in [0, 0.05) is 25.9 Å². The van der Waals surface area contributed by atoms with Crippen molar-refractivity contribution < 1.29 is 9.94 Å². The molecule has 0 aromatic carbocycles. The lowest BCUT2D eigenvalue weighted by molar-refractivity contribution is 0.00359. The molecule has 0 spiro atoms. The maximum Gasteiger partial charge on any atom is 0.189 e. The number of aromatic nitrogens is 1. The second-order valence-corrected chi connectivity index (χ2v) is 4.95. The molecule has 2 heterocycles. The summed E-state index contributed by atoms with van der Waals surface area (Å²) in [4.78, 5) is 6.52. The molecule has 0 radical (unpaired) electrons. The molecule has 1 aromatic heterocycles. The van der Waals surface area contributed by atoms with Crippen LogP contribution in [0.3, 0.4) is 0 Å². The molecule has 1 fully saturated rings. The summed E-state index contributed by atoms with van der Waals surface area (Å²) < 4.78 is 5.70. The van der Waals surface area contributed by atoms with Crippen molar-refractivity contribution in [3.8, 4) is 0 Å². The maximum absolute atomic E-state index is 8.82. The van der Waals surface area contributed by atoms with Crippen LogP contribution in [-0.4, -0.2) is 46.7 Å². The minimum absolute atomic E-state index is 0.0546. The Labute approximate surface area is 119 Å². The van der Waals surface area contributed by atoms with E-state index < -0.39 is 0 Å². The molecule has 1 aromatic rings. The summed E-state index contributed by atoms with van der Waals surface area (Å²) in [6.45, 7) is 5.47. The highest BCUT2D eigenvalue weighted by Gasteiger charge is 2.21. The van der Waals surface area contributed by atoms with Crippen LogP contribution in [0.1, 0.15) is 31.0 Å². The van der Waals surface area contributed by atoms with Crippen molar-refractivity contribution in [3.05, 3.63) is 29.6 Å². The molecule has 1 aliphatic rings. The van der Waals surface area contributed by atoms with Gasteiger partial charge in [-0.05, 0) is 37.9 Å². The standard InChI is InChI=1S/C14H22N4O2/c1-2-20-12-6-4-8-18(10-12)9-11-5-3-7-16-13(11)14(15)17-19/h3,5,7,12,19H,2,4,6,8-10H2,1H3,(H2,15,17). The predicted molar refractivity (Wildman–Crippen MR) is 76.7 cm³/mol. The van der Waals surface area contributed by atoms with Crippen molar-refractivity contribution in [2.45, 2.75) is 32.4 Å². The number of amidine groups is 1. The van der Waals surface area contributed by atoms with Gasteiger partial charge in [-0.25, -0.2) is 0 Å². The molecular weight excluding hydrogens is 256 g/mol. The van der Waals surface area contributed by atoms with Gasteiger partial charge in [-0.1, -0.05) is 11.2 Å². The van der Waals surface area contributed by atoms with Gasteiger partial charge in [0.15, 0.2) is 5.84 Å². The molecule has 6 heteroatoms. The Morgan fingerprint density at radius 1 is 1.65 bits per heavy atom. The fourth-order valence-electron chi connectivity index (χ4n) is 2.61. The first-order valence-electron chi connectivity index (χ1n) is 7.00. The van der Waals surface area contributed by atoms with Gasteiger partial charge in [-0.3, -0.25) is 9.88 Å². The third kappa shape index (κ3) is 3.68. The molecule has 110 valence electrons. The summed E-state index contributed by atoms with van der Waals surface area (Å²) >= 11 is 0. The van der Waals surface area contributed by atoms with Gasteiger partial charge in [0.05, 0.1) is 6.10 Å². The van der Waals surface area contributed by atoms with Crippen LogP contribution in [0.15, 0.2) is 23.5 Å². The first-order valence-corrected chi connectivity index (χ1v) is 7.00. The molecule has 1 saturated heterocycles. The lowest BCUT2D eigenvalue weighted by Crippen LogP contribution is -2.39. The topological polar surface area (TPSA) is 84.0 Å². The second-order valence-electron chi connectivity index (χ2n) is 4.95. The summed E-state index contributed by atoms with van der Waals surface area (Å²) in [5.74, 6) is 0.0546. The normalized spacial score (nSPS) is 21.1. The number of nitrogens with two attached hydrogens (primary N) is 1. The summed E-state index contributed by atoms with van der Waals surface area (Å²) in [6.07, 6.45) is 4.20. The number of ether oxygens (including phenoxy) is 1. The highest BCUT2D eigenvalue weighted by atomic mass is 16.5. The number of likely N-dealkylation sites (tertiary alicyclic amines) is 1. The maximum atomic E-state index is 8.82. The van der Waals surface area contributed by atoms with Gasteiger partial charge in [-0.2, -0.15) is 0 Å². The minimum Gasteiger partial charge on any atom is -0.409 e. The minimum atomic E-state index is 0.0546. The van der Waals surface area contributed by atoms with E-state index >= 15 is 0 Å². The van der Waals surface area contributed by atoms with Crippen LogP contribution in [-0.2, 0) is 11.3 Å². The average molecular weight is 278 g/mol. The van der Waals surface area contributed by atoms with Crippen molar-refractivity contribution in [1.29, 1.82) is 0 Å². The van der Waals surface area contributed by atoms with Gasteiger partial charge in [0.1, 0.15) is 5.69 Å². The van der Waals surface area contributed by atoms with Crippen LogP contribution in [0.25, 0.3) is 0 Å². The first-order chi connectivity index (χ1) is 9.74. The molecule has 0 bridgehead atoms.